The highest BCUT2D eigenvalue weighted by Gasteiger charge is 1.98. The minimum Gasteiger partial charge on any atom is -0.480 e. The molecule has 0 aliphatic carbocycles. The molecule has 2 rings (SSSR count). The minimum atomic E-state index is 0.499. The summed E-state index contributed by atoms with van der Waals surface area (Å²) in [5, 5.41) is 6.46. The molecule has 11 heavy (non-hydrogen) atoms. The van der Waals surface area contributed by atoms with Crippen molar-refractivity contribution >= 4 is 11.2 Å². The lowest BCUT2D eigenvalue weighted by Crippen LogP contribution is -1.88. The number of ether oxygens (including phenoxy) is 1. The molecule has 0 atom stereocenters. The Morgan fingerprint density at radius 1 is 1.45 bits per heavy atom. The standard InChI is InChI=1S/C6H6N4O/c1-11-5-3-7-6-4(9-5)2-8-10-6/h2-3H,1H3,(H,7,8,10). The van der Waals surface area contributed by atoms with E-state index in [4.69, 9.17) is 4.74 Å². The lowest BCUT2D eigenvalue weighted by atomic mass is 10.5. The van der Waals surface area contributed by atoms with Crippen molar-refractivity contribution in [3.05, 3.63) is 12.4 Å². The van der Waals surface area contributed by atoms with Crippen LogP contribution in [0.4, 0.5) is 0 Å². The largest absolute Gasteiger partial charge is 0.480 e. The van der Waals surface area contributed by atoms with E-state index in [-0.39, 0.29) is 0 Å². The number of methoxy groups -OCH3 is 1. The van der Waals surface area contributed by atoms with E-state index in [1.165, 1.54) is 0 Å². The van der Waals surface area contributed by atoms with E-state index in [0.717, 1.165) is 0 Å². The Morgan fingerprint density at radius 3 is 3.18 bits per heavy atom. The lowest BCUT2D eigenvalue weighted by Gasteiger charge is -1.94. The number of fused-ring (bicyclic) bond motifs is 1. The van der Waals surface area contributed by atoms with Gasteiger partial charge in [-0.05, 0) is 0 Å². The summed E-state index contributed by atoms with van der Waals surface area (Å²) in [5.74, 6) is 0.499. The van der Waals surface area contributed by atoms with Crippen molar-refractivity contribution in [3.8, 4) is 5.88 Å². The van der Waals surface area contributed by atoms with Crippen LogP contribution < -0.4 is 4.74 Å². The van der Waals surface area contributed by atoms with E-state index in [0.29, 0.717) is 17.0 Å². The minimum absolute atomic E-state index is 0.499. The number of aromatic amines is 1. The fourth-order valence-corrected chi connectivity index (χ4v) is 0.816. The smallest absolute Gasteiger partial charge is 0.232 e. The van der Waals surface area contributed by atoms with Crippen LogP contribution in [0.15, 0.2) is 12.4 Å². The number of nitrogens with one attached hydrogen (secondary N) is 1. The Morgan fingerprint density at radius 2 is 2.36 bits per heavy atom. The van der Waals surface area contributed by atoms with Crippen molar-refractivity contribution in [2.24, 2.45) is 0 Å². The highest BCUT2D eigenvalue weighted by atomic mass is 16.5. The van der Waals surface area contributed by atoms with E-state index >= 15 is 0 Å². The number of nitrogens with zero attached hydrogens (tertiary/aromatic N) is 3. The van der Waals surface area contributed by atoms with Gasteiger partial charge in [-0.1, -0.05) is 0 Å². The summed E-state index contributed by atoms with van der Waals surface area (Å²) in [6, 6.07) is 0. The van der Waals surface area contributed by atoms with Gasteiger partial charge in [0.1, 0.15) is 5.52 Å². The molecule has 0 saturated heterocycles. The normalized spacial score (nSPS) is 10.3. The summed E-state index contributed by atoms with van der Waals surface area (Å²) in [6.07, 6.45) is 3.14. The highest BCUT2D eigenvalue weighted by molar-refractivity contribution is 5.68. The van der Waals surface area contributed by atoms with Crippen molar-refractivity contribution < 1.29 is 4.74 Å². The number of aromatic nitrogens is 4. The van der Waals surface area contributed by atoms with E-state index in [9.17, 15) is 0 Å². The second-order valence-electron chi connectivity index (χ2n) is 2.02. The summed E-state index contributed by atoms with van der Waals surface area (Å²) in [4.78, 5) is 8.08. The maximum atomic E-state index is 4.88. The molecule has 0 aromatic carbocycles. The zero-order valence-corrected chi connectivity index (χ0v) is 5.90. The zero-order valence-electron chi connectivity index (χ0n) is 5.90. The third kappa shape index (κ3) is 0.899. The summed E-state index contributed by atoms with van der Waals surface area (Å²) in [6.45, 7) is 0. The third-order valence-corrected chi connectivity index (χ3v) is 1.34. The van der Waals surface area contributed by atoms with Crippen molar-refractivity contribution in [1.29, 1.82) is 0 Å². The molecule has 0 aliphatic heterocycles. The molecule has 2 aromatic rings. The van der Waals surface area contributed by atoms with Gasteiger partial charge in [0.05, 0.1) is 19.5 Å². The molecule has 0 bridgehead atoms. The van der Waals surface area contributed by atoms with Gasteiger partial charge in [0.2, 0.25) is 5.88 Å². The average Bonchev–Trinajstić information content (AvgIpc) is 2.50. The molecule has 0 radical (unpaired) electrons. The molecule has 5 nitrogen and oxygen atoms in total. The Kier molecular flexibility index (Phi) is 1.21. The monoisotopic (exact) mass is 150 g/mol. The van der Waals surface area contributed by atoms with Crippen LogP contribution in [-0.2, 0) is 0 Å². The number of rotatable bonds is 1. The maximum Gasteiger partial charge on any atom is 0.232 e. The fraction of sp³-hybridized carbons (Fsp3) is 0.167. The molecular weight excluding hydrogens is 144 g/mol. The van der Waals surface area contributed by atoms with E-state index in [2.05, 4.69) is 20.2 Å². The van der Waals surface area contributed by atoms with E-state index in [1.54, 1.807) is 19.5 Å². The van der Waals surface area contributed by atoms with Crippen LogP contribution in [0.25, 0.3) is 11.2 Å². The topological polar surface area (TPSA) is 63.7 Å². The van der Waals surface area contributed by atoms with Crippen molar-refractivity contribution in [1.82, 2.24) is 20.2 Å². The van der Waals surface area contributed by atoms with Crippen LogP contribution in [0.3, 0.4) is 0 Å². The molecule has 56 valence electrons. The highest BCUT2D eigenvalue weighted by Crippen LogP contribution is 2.08. The Labute approximate surface area is 62.4 Å². The van der Waals surface area contributed by atoms with Gasteiger partial charge in [0.15, 0.2) is 5.65 Å². The average molecular weight is 150 g/mol. The first-order chi connectivity index (χ1) is 5.40. The zero-order chi connectivity index (χ0) is 7.68. The molecule has 5 heteroatoms. The van der Waals surface area contributed by atoms with Crippen LogP contribution in [0.2, 0.25) is 0 Å². The number of hydrogen-bond donors (Lipinski definition) is 1. The molecule has 0 aliphatic rings. The molecule has 0 saturated carbocycles. The first kappa shape index (κ1) is 6.09. The Hall–Kier alpha value is -1.65. The van der Waals surface area contributed by atoms with E-state index in [1.807, 2.05) is 0 Å². The first-order valence-corrected chi connectivity index (χ1v) is 3.10. The Balaban J connectivity index is 2.67. The van der Waals surface area contributed by atoms with Gasteiger partial charge in [0.25, 0.3) is 0 Å². The molecule has 1 N–H and O–H groups in total. The fourth-order valence-electron chi connectivity index (χ4n) is 0.816. The van der Waals surface area contributed by atoms with Crippen LogP contribution in [-0.4, -0.2) is 27.3 Å². The predicted octanol–water partition coefficient (Wildman–Crippen LogP) is 0.361. The predicted molar refractivity (Wildman–Crippen MR) is 38.2 cm³/mol. The Bertz CT molecular complexity index is 369. The van der Waals surface area contributed by atoms with Gasteiger partial charge in [-0.3, -0.25) is 5.10 Å². The van der Waals surface area contributed by atoms with Gasteiger partial charge in [-0.15, -0.1) is 0 Å². The van der Waals surface area contributed by atoms with Crippen molar-refractivity contribution in [2.75, 3.05) is 7.11 Å². The molecule has 0 unspecified atom stereocenters. The third-order valence-electron chi connectivity index (χ3n) is 1.34. The van der Waals surface area contributed by atoms with Gasteiger partial charge < -0.3 is 4.74 Å². The van der Waals surface area contributed by atoms with Crippen molar-refractivity contribution in [2.45, 2.75) is 0 Å². The van der Waals surface area contributed by atoms with Crippen LogP contribution in [0.5, 0.6) is 5.88 Å². The van der Waals surface area contributed by atoms with Gasteiger partial charge in [-0.2, -0.15) is 5.10 Å². The molecule has 2 aromatic heterocycles. The summed E-state index contributed by atoms with van der Waals surface area (Å²) >= 11 is 0. The van der Waals surface area contributed by atoms with Gasteiger partial charge in [-0.25, -0.2) is 9.97 Å². The van der Waals surface area contributed by atoms with Gasteiger partial charge >= 0.3 is 0 Å². The summed E-state index contributed by atoms with van der Waals surface area (Å²) in [7, 11) is 1.55. The molecule has 0 fully saturated rings. The quantitative estimate of drug-likeness (QED) is 0.637. The maximum absolute atomic E-state index is 4.88. The molecule has 0 amide bonds. The van der Waals surface area contributed by atoms with Crippen LogP contribution in [0, 0.1) is 0 Å². The second-order valence-corrected chi connectivity index (χ2v) is 2.02. The van der Waals surface area contributed by atoms with Crippen LogP contribution >= 0.6 is 0 Å². The summed E-state index contributed by atoms with van der Waals surface area (Å²) < 4.78 is 4.88. The molecule has 0 spiro atoms. The number of hydrogen-bond acceptors (Lipinski definition) is 4. The van der Waals surface area contributed by atoms with Gasteiger partial charge in [0, 0.05) is 0 Å². The lowest BCUT2D eigenvalue weighted by molar-refractivity contribution is 0.397. The van der Waals surface area contributed by atoms with Crippen molar-refractivity contribution in [3.63, 3.8) is 0 Å². The second kappa shape index (κ2) is 2.19. The molecular formula is C6H6N4O. The van der Waals surface area contributed by atoms with E-state index < -0.39 is 0 Å². The number of H-pyrrole nitrogens is 1. The first-order valence-electron chi connectivity index (χ1n) is 3.10. The molecule has 2 heterocycles. The van der Waals surface area contributed by atoms with Crippen LogP contribution in [0.1, 0.15) is 0 Å². The summed E-state index contributed by atoms with van der Waals surface area (Å²) in [5.41, 5.74) is 1.38. The SMILES string of the molecule is COc1cnc2[nH]ncc2n1.